The largest absolute Gasteiger partial charge is 0.506 e. The van der Waals surface area contributed by atoms with Crippen LogP contribution in [0.4, 0.5) is 5.69 Å². The van der Waals surface area contributed by atoms with Gasteiger partial charge in [0.1, 0.15) is 11.5 Å². The molecule has 1 N–H and O–H groups in total. The maximum absolute atomic E-state index is 9.96. The predicted molar refractivity (Wildman–Crippen MR) is 93.8 cm³/mol. The summed E-state index contributed by atoms with van der Waals surface area (Å²) < 4.78 is 6.97. The van der Waals surface area contributed by atoms with Gasteiger partial charge in [0, 0.05) is 15.3 Å². The lowest BCUT2D eigenvalue weighted by Gasteiger charge is -2.03. The van der Waals surface area contributed by atoms with Gasteiger partial charge in [-0.2, -0.15) is 0 Å². The minimum atomic E-state index is 0.262. The van der Waals surface area contributed by atoms with E-state index in [0.29, 0.717) is 5.56 Å². The molecule has 98 valence electrons. The third-order valence-electron chi connectivity index (χ3n) is 2.48. The minimum absolute atomic E-state index is 0.262. The van der Waals surface area contributed by atoms with Gasteiger partial charge in [0.25, 0.3) is 0 Å². The molecule has 0 saturated heterocycles. The Morgan fingerprint density at radius 3 is 2.47 bits per heavy atom. The van der Waals surface area contributed by atoms with Gasteiger partial charge in [-0.05, 0) is 81.6 Å². The van der Waals surface area contributed by atoms with Crippen LogP contribution >= 0.6 is 45.2 Å². The monoisotopic (exact) mass is 479 g/mol. The summed E-state index contributed by atoms with van der Waals surface area (Å²) in [5.74, 6) is 1.06. The van der Waals surface area contributed by atoms with E-state index in [1.165, 1.54) is 0 Å². The fraction of sp³-hybridized carbons (Fsp3) is 0.0714. The van der Waals surface area contributed by atoms with Crippen molar-refractivity contribution in [3.63, 3.8) is 0 Å². The number of rotatable bonds is 3. The summed E-state index contributed by atoms with van der Waals surface area (Å²) in [6.07, 6.45) is 1.67. The van der Waals surface area contributed by atoms with Crippen molar-refractivity contribution in [1.82, 2.24) is 0 Å². The van der Waals surface area contributed by atoms with Crippen LogP contribution in [0.15, 0.2) is 41.4 Å². The summed E-state index contributed by atoms with van der Waals surface area (Å²) >= 11 is 4.32. The van der Waals surface area contributed by atoms with Crippen LogP contribution in [-0.4, -0.2) is 18.4 Å². The normalized spacial score (nSPS) is 10.9. The van der Waals surface area contributed by atoms with E-state index in [1.807, 2.05) is 36.4 Å². The highest BCUT2D eigenvalue weighted by Crippen LogP contribution is 2.26. The third kappa shape index (κ3) is 3.82. The molecule has 0 aliphatic heterocycles. The van der Waals surface area contributed by atoms with Crippen LogP contribution in [0, 0.1) is 7.14 Å². The molecule has 0 fully saturated rings. The Kier molecular flexibility index (Phi) is 5.03. The van der Waals surface area contributed by atoms with Gasteiger partial charge in [0.05, 0.1) is 16.4 Å². The highest BCUT2D eigenvalue weighted by molar-refractivity contribution is 14.1. The van der Waals surface area contributed by atoms with Crippen molar-refractivity contribution in [2.75, 3.05) is 7.11 Å². The number of hydrogen-bond acceptors (Lipinski definition) is 3. The van der Waals surface area contributed by atoms with Gasteiger partial charge in [-0.15, -0.1) is 0 Å². The first-order chi connectivity index (χ1) is 9.10. The predicted octanol–water partition coefficient (Wildman–Crippen LogP) is 4.36. The Labute approximate surface area is 139 Å². The van der Waals surface area contributed by atoms with Gasteiger partial charge in [-0.25, -0.2) is 0 Å². The van der Waals surface area contributed by atoms with E-state index in [-0.39, 0.29) is 5.75 Å². The van der Waals surface area contributed by atoms with Gasteiger partial charge in [-0.1, -0.05) is 0 Å². The van der Waals surface area contributed by atoms with Crippen LogP contribution in [0.25, 0.3) is 0 Å². The molecular weight excluding hydrogens is 468 g/mol. The van der Waals surface area contributed by atoms with Crippen LogP contribution in [0.2, 0.25) is 0 Å². The van der Waals surface area contributed by atoms with Gasteiger partial charge in [-0.3, -0.25) is 4.99 Å². The summed E-state index contributed by atoms with van der Waals surface area (Å²) in [4.78, 5) is 4.35. The van der Waals surface area contributed by atoms with E-state index in [9.17, 15) is 5.11 Å². The number of aromatic hydroxyl groups is 1. The zero-order valence-corrected chi connectivity index (χ0v) is 14.4. The standard InChI is InChI=1S/C14H11I2NO2/c1-19-12-4-2-11(3-5-12)17-8-9-6-10(15)7-13(16)14(9)18/h2-8,18H,1H3/b17-8+. The van der Waals surface area contributed by atoms with Crippen molar-refractivity contribution in [3.05, 3.63) is 49.1 Å². The molecule has 0 unspecified atom stereocenters. The molecule has 0 aliphatic carbocycles. The second-order valence-corrected chi connectivity index (χ2v) is 6.19. The average molecular weight is 479 g/mol. The minimum Gasteiger partial charge on any atom is -0.506 e. The Morgan fingerprint density at radius 1 is 1.16 bits per heavy atom. The summed E-state index contributed by atoms with van der Waals surface area (Å²) in [5, 5.41) is 9.96. The molecule has 0 saturated carbocycles. The van der Waals surface area contributed by atoms with Crippen LogP contribution in [-0.2, 0) is 0 Å². The fourth-order valence-corrected chi connectivity index (χ4v) is 3.39. The average Bonchev–Trinajstić information content (AvgIpc) is 2.41. The maximum atomic E-state index is 9.96. The van der Waals surface area contributed by atoms with E-state index < -0.39 is 0 Å². The SMILES string of the molecule is COc1ccc(/N=C/c2cc(I)cc(I)c2O)cc1. The van der Waals surface area contributed by atoms with Crippen molar-refractivity contribution in [1.29, 1.82) is 0 Å². The Morgan fingerprint density at radius 2 is 1.84 bits per heavy atom. The first kappa shape index (κ1) is 14.6. The maximum Gasteiger partial charge on any atom is 0.137 e. The lowest BCUT2D eigenvalue weighted by atomic mass is 10.2. The van der Waals surface area contributed by atoms with Gasteiger partial charge in [0.15, 0.2) is 0 Å². The molecule has 0 heterocycles. The smallest absolute Gasteiger partial charge is 0.137 e. The summed E-state index contributed by atoms with van der Waals surface area (Å²) in [6.45, 7) is 0. The number of phenols is 1. The number of ether oxygens (including phenoxy) is 1. The molecule has 0 aromatic heterocycles. The Bertz CT molecular complexity index is 610. The van der Waals surface area contributed by atoms with Gasteiger partial charge in [0.2, 0.25) is 0 Å². The third-order valence-corrected chi connectivity index (χ3v) is 3.93. The molecule has 3 nitrogen and oxygen atoms in total. The molecule has 0 spiro atoms. The van der Waals surface area contributed by atoms with Gasteiger partial charge < -0.3 is 9.84 Å². The highest BCUT2D eigenvalue weighted by Gasteiger charge is 2.05. The quantitative estimate of drug-likeness (QED) is 0.526. The lowest BCUT2D eigenvalue weighted by molar-refractivity contribution is 0.415. The van der Waals surface area contributed by atoms with E-state index >= 15 is 0 Å². The first-order valence-electron chi connectivity index (χ1n) is 5.46. The zero-order valence-electron chi connectivity index (χ0n) is 10.1. The van der Waals surface area contributed by atoms with Crippen LogP contribution in [0.5, 0.6) is 11.5 Å². The number of benzene rings is 2. The van der Waals surface area contributed by atoms with E-state index in [1.54, 1.807) is 13.3 Å². The number of nitrogens with zero attached hydrogens (tertiary/aromatic N) is 1. The van der Waals surface area contributed by atoms with Crippen molar-refractivity contribution >= 4 is 57.1 Å². The van der Waals surface area contributed by atoms with Crippen molar-refractivity contribution in [2.24, 2.45) is 4.99 Å². The molecule has 0 atom stereocenters. The molecular formula is C14H11I2NO2. The number of phenolic OH excluding ortho intramolecular Hbond substituents is 1. The second kappa shape index (κ2) is 6.56. The van der Waals surface area contributed by atoms with Gasteiger partial charge >= 0.3 is 0 Å². The summed E-state index contributed by atoms with van der Waals surface area (Å²) in [6, 6.07) is 11.2. The molecule has 0 amide bonds. The highest BCUT2D eigenvalue weighted by atomic mass is 127. The van der Waals surface area contributed by atoms with E-state index in [2.05, 4.69) is 50.2 Å². The first-order valence-corrected chi connectivity index (χ1v) is 7.62. The molecule has 2 aromatic carbocycles. The second-order valence-electron chi connectivity index (χ2n) is 3.78. The van der Waals surface area contributed by atoms with Crippen molar-refractivity contribution < 1.29 is 9.84 Å². The zero-order chi connectivity index (χ0) is 13.8. The molecule has 0 radical (unpaired) electrons. The number of aliphatic imine (C=N–C) groups is 1. The molecule has 0 bridgehead atoms. The molecule has 2 rings (SSSR count). The number of methoxy groups -OCH3 is 1. The molecule has 5 heteroatoms. The molecule has 0 aliphatic rings. The Hall–Kier alpha value is -0.830. The summed E-state index contributed by atoms with van der Waals surface area (Å²) in [5.41, 5.74) is 1.53. The number of hydrogen-bond donors (Lipinski definition) is 1. The van der Waals surface area contributed by atoms with Crippen molar-refractivity contribution in [3.8, 4) is 11.5 Å². The topological polar surface area (TPSA) is 41.8 Å². The Balaban J connectivity index is 2.27. The lowest BCUT2D eigenvalue weighted by Crippen LogP contribution is -1.87. The molecule has 19 heavy (non-hydrogen) atoms. The number of halogens is 2. The van der Waals surface area contributed by atoms with Crippen molar-refractivity contribution in [2.45, 2.75) is 0 Å². The van der Waals surface area contributed by atoms with Crippen LogP contribution < -0.4 is 4.74 Å². The van der Waals surface area contributed by atoms with Crippen LogP contribution in [0.1, 0.15) is 5.56 Å². The fourth-order valence-electron chi connectivity index (χ4n) is 1.50. The molecule has 2 aromatic rings. The summed E-state index contributed by atoms with van der Waals surface area (Å²) in [7, 11) is 1.63. The van der Waals surface area contributed by atoms with Crippen LogP contribution in [0.3, 0.4) is 0 Å². The van der Waals surface area contributed by atoms with E-state index in [0.717, 1.165) is 18.6 Å². The van der Waals surface area contributed by atoms with E-state index in [4.69, 9.17) is 4.74 Å².